The molecule has 1 aromatic heterocycles. The predicted molar refractivity (Wildman–Crippen MR) is 93.1 cm³/mol. The Morgan fingerprint density at radius 1 is 1.30 bits per heavy atom. The van der Waals surface area contributed by atoms with Crippen LogP contribution in [-0.2, 0) is 6.54 Å². The van der Waals surface area contributed by atoms with Crippen molar-refractivity contribution in [3.63, 3.8) is 0 Å². The number of hydrogen-bond donors (Lipinski definition) is 2. The standard InChI is InChI=1S/C17H23N5O/c1-4-11-19-17(18-5-2)20-13-14-10-12-22(21-14)15-6-8-16(23-3)9-7-15/h4,6-10,12H,1,5,11,13H2,2-3H3,(H2,18,19,20). The molecule has 0 bridgehead atoms. The van der Waals surface area contributed by atoms with Crippen LogP contribution < -0.4 is 15.4 Å². The van der Waals surface area contributed by atoms with E-state index in [1.807, 2.05) is 48.1 Å². The summed E-state index contributed by atoms with van der Waals surface area (Å²) in [5, 5.41) is 10.9. The zero-order valence-corrected chi connectivity index (χ0v) is 13.6. The number of nitrogens with one attached hydrogen (secondary N) is 2. The highest BCUT2D eigenvalue weighted by Gasteiger charge is 2.02. The van der Waals surface area contributed by atoms with Crippen LogP contribution in [0.15, 0.2) is 54.2 Å². The topological polar surface area (TPSA) is 63.5 Å². The molecule has 0 unspecified atom stereocenters. The van der Waals surface area contributed by atoms with Crippen LogP contribution in [0.2, 0.25) is 0 Å². The van der Waals surface area contributed by atoms with Crippen molar-refractivity contribution in [2.75, 3.05) is 20.2 Å². The van der Waals surface area contributed by atoms with E-state index in [4.69, 9.17) is 4.74 Å². The summed E-state index contributed by atoms with van der Waals surface area (Å²) in [6, 6.07) is 9.72. The second-order valence-electron chi connectivity index (χ2n) is 4.81. The molecule has 6 nitrogen and oxygen atoms in total. The largest absolute Gasteiger partial charge is 0.497 e. The Morgan fingerprint density at radius 2 is 2.09 bits per heavy atom. The van der Waals surface area contributed by atoms with Crippen LogP contribution in [0.1, 0.15) is 12.6 Å². The number of nitrogens with zero attached hydrogens (tertiary/aromatic N) is 3. The summed E-state index contributed by atoms with van der Waals surface area (Å²) in [5.41, 5.74) is 1.88. The monoisotopic (exact) mass is 313 g/mol. The maximum absolute atomic E-state index is 5.16. The van der Waals surface area contributed by atoms with Gasteiger partial charge < -0.3 is 15.4 Å². The van der Waals surface area contributed by atoms with Crippen molar-refractivity contribution in [1.82, 2.24) is 20.4 Å². The molecule has 0 saturated heterocycles. The highest BCUT2D eigenvalue weighted by Crippen LogP contribution is 2.14. The van der Waals surface area contributed by atoms with Crippen molar-refractivity contribution >= 4 is 5.96 Å². The van der Waals surface area contributed by atoms with Gasteiger partial charge in [0.15, 0.2) is 5.96 Å². The van der Waals surface area contributed by atoms with Gasteiger partial charge in [-0.25, -0.2) is 9.67 Å². The van der Waals surface area contributed by atoms with Crippen LogP contribution in [-0.4, -0.2) is 35.9 Å². The van der Waals surface area contributed by atoms with Crippen molar-refractivity contribution in [1.29, 1.82) is 0 Å². The van der Waals surface area contributed by atoms with E-state index in [9.17, 15) is 0 Å². The fourth-order valence-electron chi connectivity index (χ4n) is 2.00. The molecule has 2 N–H and O–H groups in total. The average molecular weight is 313 g/mol. The Balaban J connectivity index is 2.04. The van der Waals surface area contributed by atoms with E-state index in [1.54, 1.807) is 13.2 Å². The zero-order chi connectivity index (χ0) is 16.5. The lowest BCUT2D eigenvalue weighted by Crippen LogP contribution is -2.37. The van der Waals surface area contributed by atoms with Gasteiger partial charge in [-0.2, -0.15) is 5.10 Å². The highest BCUT2D eigenvalue weighted by atomic mass is 16.5. The van der Waals surface area contributed by atoms with Gasteiger partial charge in [-0.05, 0) is 37.3 Å². The summed E-state index contributed by atoms with van der Waals surface area (Å²) in [6.45, 7) is 7.71. The molecule has 0 radical (unpaired) electrons. The van der Waals surface area contributed by atoms with Gasteiger partial charge in [0.05, 0.1) is 25.0 Å². The molecule has 23 heavy (non-hydrogen) atoms. The maximum Gasteiger partial charge on any atom is 0.191 e. The number of hydrogen-bond acceptors (Lipinski definition) is 3. The number of ether oxygens (including phenoxy) is 1. The van der Waals surface area contributed by atoms with Crippen molar-refractivity contribution in [2.24, 2.45) is 4.99 Å². The Kier molecular flexibility index (Phi) is 6.23. The van der Waals surface area contributed by atoms with Crippen LogP contribution in [0.3, 0.4) is 0 Å². The first-order valence-corrected chi connectivity index (χ1v) is 7.59. The van der Waals surface area contributed by atoms with Crippen molar-refractivity contribution in [2.45, 2.75) is 13.5 Å². The number of aliphatic imine (C=N–C) groups is 1. The number of rotatable bonds is 7. The van der Waals surface area contributed by atoms with Gasteiger partial charge in [0.1, 0.15) is 5.75 Å². The molecular formula is C17H23N5O. The lowest BCUT2D eigenvalue weighted by Gasteiger charge is -2.08. The van der Waals surface area contributed by atoms with Crippen LogP contribution in [0.5, 0.6) is 5.75 Å². The smallest absolute Gasteiger partial charge is 0.191 e. The van der Waals surface area contributed by atoms with Crippen LogP contribution in [0, 0.1) is 0 Å². The molecular weight excluding hydrogens is 290 g/mol. The van der Waals surface area contributed by atoms with Gasteiger partial charge >= 0.3 is 0 Å². The van der Waals surface area contributed by atoms with Gasteiger partial charge in [-0.1, -0.05) is 6.08 Å². The Bertz CT molecular complexity index is 645. The van der Waals surface area contributed by atoms with E-state index in [2.05, 4.69) is 27.3 Å². The lowest BCUT2D eigenvalue weighted by atomic mass is 10.3. The number of guanidine groups is 1. The minimum Gasteiger partial charge on any atom is -0.497 e. The average Bonchev–Trinajstić information content (AvgIpc) is 3.06. The normalized spacial score (nSPS) is 11.1. The second-order valence-corrected chi connectivity index (χ2v) is 4.81. The first-order valence-electron chi connectivity index (χ1n) is 7.59. The molecule has 2 rings (SSSR count). The van der Waals surface area contributed by atoms with E-state index in [1.165, 1.54) is 0 Å². The summed E-state index contributed by atoms with van der Waals surface area (Å²) >= 11 is 0. The lowest BCUT2D eigenvalue weighted by molar-refractivity contribution is 0.414. The minimum absolute atomic E-state index is 0.510. The second kappa shape index (κ2) is 8.63. The maximum atomic E-state index is 5.16. The Labute approximate surface area is 136 Å². The molecule has 122 valence electrons. The van der Waals surface area contributed by atoms with Crippen LogP contribution >= 0.6 is 0 Å². The molecule has 1 heterocycles. The molecule has 1 aromatic carbocycles. The third kappa shape index (κ3) is 4.88. The summed E-state index contributed by atoms with van der Waals surface area (Å²) in [4.78, 5) is 4.51. The van der Waals surface area contributed by atoms with Crippen LogP contribution in [0.25, 0.3) is 5.69 Å². The van der Waals surface area contributed by atoms with Gasteiger partial charge in [0.25, 0.3) is 0 Å². The molecule has 0 aliphatic rings. The molecule has 0 spiro atoms. The minimum atomic E-state index is 0.510. The van der Waals surface area contributed by atoms with Gasteiger partial charge in [-0.3, -0.25) is 0 Å². The molecule has 6 heteroatoms. The van der Waals surface area contributed by atoms with E-state index in [-0.39, 0.29) is 0 Å². The molecule has 0 fully saturated rings. The van der Waals surface area contributed by atoms with Crippen molar-refractivity contribution < 1.29 is 4.74 Å². The summed E-state index contributed by atoms with van der Waals surface area (Å²) in [6.07, 6.45) is 3.72. The van der Waals surface area contributed by atoms with Gasteiger partial charge in [0, 0.05) is 19.3 Å². The summed E-state index contributed by atoms with van der Waals surface area (Å²) in [5.74, 6) is 1.58. The Morgan fingerprint density at radius 3 is 2.74 bits per heavy atom. The molecule has 0 aliphatic heterocycles. The number of benzene rings is 1. The fraction of sp³-hybridized carbons (Fsp3) is 0.294. The third-order valence-electron chi connectivity index (χ3n) is 3.14. The number of aromatic nitrogens is 2. The van der Waals surface area contributed by atoms with Gasteiger partial charge in [-0.15, -0.1) is 6.58 Å². The van der Waals surface area contributed by atoms with Crippen LogP contribution in [0.4, 0.5) is 0 Å². The zero-order valence-electron chi connectivity index (χ0n) is 13.6. The van der Waals surface area contributed by atoms with Crippen molar-refractivity contribution in [3.05, 3.63) is 54.9 Å². The van der Waals surface area contributed by atoms with E-state index in [0.29, 0.717) is 13.1 Å². The predicted octanol–water partition coefficient (Wildman–Crippen LogP) is 2.12. The molecule has 0 amide bonds. The number of methoxy groups -OCH3 is 1. The molecule has 0 atom stereocenters. The first kappa shape index (κ1) is 16.6. The van der Waals surface area contributed by atoms with E-state index >= 15 is 0 Å². The van der Waals surface area contributed by atoms with Crippen molar-refractivity contribution in [3.8, 4) is 11.4 Å². The highest BCUT2D eigenvalue weighted by molar-refractivity contribution is 5.79. The SMILES string of the molecule is C=CCNC(=NCc1ccn(-c2ccc(OC)cc2)n1)NCC. The summed E-state index contributed by atoms with van der Waals surface area (Å²) < 4.78 is 6.99. The molecule has 0 aliphatic carbocycles. The van der Waals surface area contributed by atoms with E-state index in [0.717, 1.165) is 29.6 Å². The first-order chi connectivity index (χ1) is 11.3. The quantitative estimate of drug-likeness (QED) is 0.467. The molecule has 0 saturated carbocycles. The Hall–Kier alpha value is -2.76. The van der Waals surface area contributed by atoms with Gasteiger partial charge in [0.2, 0.25) is 0 Å². The fourth-order valence-corrected chi connectivity index (χ4v) is 2.00. The van der Waals surface area contributed by atoms with E-state index < -0.39 is 0 Å². The third-order valence-corrected chi connectivity index (χ3v) is 3.14. The summed E-state index contributed by atoms with van der Waals surface area (Å²) in [7, 11) is 1.65. The molecule has 2 aromatic rings.